The molecule has 5 aliphatic rings. The fourth-order valence-corrected chi connectivity index (χ4v) is 10.2. The summed E-state index contributed by atoms with van der Waals surface area (Å²) >= 11 is 0. The molecule has 0 N–H and O–H groups in total. The van der Waals surface area contributed by atoms with E-state index in [1.165, 1.54) is 64.2 Å². The van der Waals surface area contributed by atoms with E-state index >= 15 is 0 Å². The predicted molar refractivity (Wildman–Crippen MR) is 134 cm³/mol. The summed E-state index contributed by atoms with van der Waals surface area (Å²) in [5.74, 6) is 5.57. The van der Waals surface area contributed by atoms with Crippen LogP contribution in [0.15, 0.2) is 12.4 Å². The molecule has 1 aromatic heterocycles. The maximum Gasteiger partial charge on any atom is 0.157 e. The molecule has 8 unspecified atom stereocenters. The SMILES string of the molecule is CCOCC1CCC2(C3CC3)C(CCC3C4CCC(C(=O)Cn5cc(C#N)cn5)C4(C)CCC32)C1. The minimum absolute atomic E-state index is 0.146. The first-order valence-corrected chi connectivity index (χ1v) is 14.5. The monoisotopic (exact) mass is 477 g/mol. The van der Waals surface area contributed by atoms with Gasteiger partial charge in [-0.15, -0.1) is 0 Å². The van der Waals surface area contributed by atoms with Crippen LogP contribution in [0.25, 0.3) is 0 Å². The number of nitriles is 1. The second-order valence-electron chi connectivity index (χ2n) is 13.0. The highest BCUT2D eigenvalue weighted by Crippen LogP contribution is 2.72. The molecule has 1 aromatic rings. The lowest BCUT2D eigenvalue weighted by molar-refractivity contribution is -0.148. The quantitative estimate of drug-likeness (QED) is 0.481. The van der Waals surface area contributed by atoms with E-state index in [1.807, 2.05) is 0 Å². The zero-order valence-electron chi connectivity index (χ0n) is 21.8. The fourth-order valence-electron chi connectivity index (χ4n) is 10.2. The van der Waals surface area contributed by atoms with E-state index in [4.69, 9.17) is 10.00 Å². The standard InChI is InChI=1S/C30H43N3O2/c1-3-35-19-20-10-13-30(22-4-5-22)23(14-20)6-7-24-25-8-9-27(29(25,2)12-11-26(24)30)28(34)18-33-17-21(15-31)16-32-33/h16-17,20,22-27H,3-14,18-19H2,1-2H3. The molecular weight excluding hydrogens is 434 g/mol. The molecule has 0 aliphatic heterocycles. The average Bonchev–Trinajstić information content (AvgIpc) is 3.52. The molecule has 6 rings (SSSR count). The summed E-state index contributed by atoms with van der Waals surface area (Å²) in [6, 6.07) is 2.13. The maximum absolute atomic E-state index is 13.5. The molecule has 1 heterocycles. The summed E-state index contributed by atoms with van der Waals surface area (Å²) in [5.41, 5.74) is 1.28. The predicted octanol–water partition coefficient (Wildman–Crippen LogP) is 6.03. The smallest absolute Gasteiger partial charge is 0.157 e. The van der Waals surface area contributed by atoms with E-state index in [1.54, 1.807) is 17.1 Å². The van der Waals surface area contributed by atoms with E-state index in [0.29, 0.717) is 29.2 Å². The van der Waals surface area contributed by atoms with Crippen LogP contribution in [0, 0.1) is 63.6 Å². The molecule has 5 saturated carbocycles. The van der Waals surface area contributed by atoms with E-state index in [2.05, 4.69) is 25.0 Å². The molecule has 5 fully saturated rings. The Morgan fingerprint density at radius 3 is 2.69 bits per heavy atom. The third-order valence-electron chi connectivity index (χ3n) is 11.7. The van der Waals surface area contributed by atoms with E-state index < -0.39 is 0 Å². The first-order valence-electron chi connectivity index (χ1n) is 14.5. The number of carbonyl (C=O) groups excluding carboxylic acids is 1. The Balaban J connectivity index is 1.20. The van der Waals surface area contributed by atoms with Crippen molar-refractivity contribution in [2.45, 2.75) is 91.0 Å². The van der Waals surface area contributed by atoms with Gasteiger partial charge in [0.05, 0.1) is 18.3 Å². The van der Waals surface area contributed by atoms with Crippen LogP contribution in [-0.2, 0) is 16.1 Å². The summed E-state index contributed by atoms with van der Waals surface area (Å²) < 4.78 is 7.55. The topological polar surface area (TPSA) is 67.9 Å². The van der Waals surface area contributed by atoms with Gasteiger partial charge in [-0.05, 0) is 124 Å². The molecule has 0 bridgehead atoms. The lowest BCUT2D eigenvalue weighted by Gasteiger charge is -2.62. The van der Waals surface area contributed by atoms with Crippen molar-refractivity contribution >= 4 is 5.78 Å². The third kappa shape index (κ3) is 3.81. The Kier molecular flexibility index (Phi) is 6.11. The molecular formula is C30H43N3O2. The third-order valence-corrected chi connectivity index (χ3v) is 11.7. The van der Waals surface area contributed by atoms with Crippen LogP contribution in [0.4, 0.5) is 0 Å². The van der Waals surface area contributed by atoms with Gasteiger partial charge in [0.1, 0.15) is 6.07 Å². The van der Waals surface area contributed by atoms with E-state index in [9.17, 15) is 4.79 Å². The van der Waals surface area contributed by atoms with Gasteiger partial charge in [0.2, 0.25) is 0 Å². The van der Waals surface area contributed by atoms with Crippen LogP contribution in [0.1, 0.15) is 90.0 Å². The Morgan fingerprint density at radius 1 is 1.11 bits per heavy atom. The Morgan fingerprint density at radius 2 is 1.94 bits per heavy atom. The summed E-state index contributed by atoms with van der Waals surface area (Å²) in [7, 11) is 0. The summed E-state index contributed by atoms with van der Waals surface area (Å²) in [5, 5.41) is 13.4. The van der Waals surface area contributed by atoms with Crippen molar-refractivity contribution < 1.29 is 9.53 Å². The highest BCUT2D eigenvalue weighted by atomic mass is 16.5. The van der Waals surface area contributed by atoms with E-state index in [-0.39, 0.29) is 11.3 Å². The number of Topliss-reactive ketones (excluding diaryl/α,β-unsaturated/α-hetero) is 1. The van der Waals surface area contributed by atoms with E-state index in [0.717, 1.165) is 49.2 Å². The highest BCUT2D eigenvalue weighted by Gasteiger charge is 2.65. The van der Waals surface area contributed by atoms with Crippen molar-refractivity contribution in [3.05, 3.63) is 18.0 Å². The average molecular weight is 478 g/mol. The zero-order chi connectivity index (χ0) is 24.2. The zero-order valence-corrected chi connectivity index (χ0v) is 21.8. The van der Waals surface area contributed by atoms with Gasteiger partial charge in [0.25, 0.3) is 0 Å². The molecule has 8 atom stereocenters. The molecule has 35 heavy (non-hydrogen) atoms. The number of rotatable bonds is 7. The lowest BCUT2D eigenvalue weighted by atomic mass is 9.42. The molecule has 190 valence electrons. The lowest BCUT2D eigenvalue weighted by Crippen LogP contribution is -2.56. The number of fused-ring (bicyclic) bond motifs is 5. The first kappa shape index (κ1) is 23.7. The van der Waals surface area contributed by atoms with Crippen molar-refractivity contribution in [2.24, 2.45) is 52.3 Å². The number of nitrogens with zero attached hydrogens (tertiary/aromatic N) is 3. The van der Waals surface area contributed by atoms with Gasteiger partial charge in [0, 0.05) is 25.3 Å². The minimum atomic E-state index is 0.146. The van der Waals surface area contributed by atoms with Crippen molar-refractivity contribution in [3.63, 3.8) is 0 Å². The van der Waals surface area contributed by atoms with Gasteiger partial charge in [-0.1, -0.05) is 6.92 Å². The van der Waals surface area contributed by atoms with Crippen LogP contribution >= 0.6 is 0 Å². The number of hydrogen-bond donors (Lipinski definition) is 0. The van der Waals surface area contributed by atoms with Crippen molar-refractivity contribution in [1.29, 1.82) is 5.26 Å². The normalized spacial score (nSPS) is 42.5. The Bertz CT molecular complexity index is 992. The van der Waals surface area contributed by atoms with Gasteiger partial charge >= 0.3 is 0 Å². The molecule has 5 heteroatoms. The molecule has 0 radical (unpaired) electrons. The summed E-state index contributed by atoms with van der Waals surface area (Å²) in [6.07, 6.45) is 18.1. The molecule has 0 saturated heterocycles. The highest BCUT2D eigenvalue weighted by molar-refractivity contribution is 5.82. The second kappa shape index (κ2) is 9.02. The molecule has 0 aromatic carbocycles. The molecule has 5 aliphatic carbocycles. The van der Waals surface area contributed by atoms with Gasteiger partial charge in [0.15, 0.2) is 5.78 Å². The first-order chi connectivity index (χ1) is 17.0. The molecule has 0 amide bonds. The Hall–Kier alpha value is -1.67. The van der Waals surface area contributed by atoms with Crippen molar-refractivity contribution in [1.82, 2.24) is 9.78 Å². The fraction of sp³-hybridized carbons (Fsp3) is 0.833. The number of ether oxygens (including phenoxy) is 1. The van der Waals surface area contributed by atoms with Crippen molar-refractivity contribution in [2.75, 3.05) is 13.2 Å². The van der Waals surface area contributed by atoms with Crippen molar-refractivity contribution in [3.8, 4) is 6.07 Å². The number of carbonyl (C=O) groups is 1. The second-order valence-corrected chi connectivity index (χ2v) is 13.0. The number of ketones is 1. The maximum atomic E-state index is 13.5. The van der Waals surface area contributed by atoms with Gasteiger partial charge in [-0.3, -0.25) is 9.48 Å². The van der Waals surface area contributed by atoms with Gasteiger partial charge < -0.3 is 4.74 Å². The van der Waals surface area contributed by atoms with Gasteiger partial charge in [-0.2, -0.15) is 10.4 Å². The molecule has 0 spiro atoms. The largest absolute Gasteiger partial charge is 0.381 e. The number of hydrogen-bond acceptors (Lipinski definition) is 4. The molecule has 5 nitrogen and oxygen atoms in total. The summed E-state index contributed by atoms with van der Waals surface area (Å²) in [4.78, 5) is 13.5. The minimum Gasteiger partial charge on any atom is -0.381 e. The summed E-state index contributed by atoms with van der Waals surface area (Å²) in [6.45, 7) is 6.72. The van der Waals surface area contributed by atoms with Crippen LogP contribution < -0.4 is 0 Å². The van der Waals surface area contributed by atoms with Crippen LogP contribution in [0.2, 0.25) is 0 Å². The van der Waals surface area contributed by atoms with Crippen LogP contribution in [0.5, 0.6) is 0 Å². The number of aromatic nitrogens is 2. The van der Waals surface area contributed by atoms with Crippen LogP contribution in [0.3, 0.4) is 0 Å². The van der Waals surface area contributed by atoms with Gasteiger partial charge in [-0.25, -0.2) is 0 Å². The Labute approximate surface area is 211 Å². The van der Waals surface area contributed by atoms with Crippen LogP contribution in [-0.4, -0.2) is 28.8 Å².